The maximum Gasteiger partial charge on any atom is 0.226 e. The summed E-state index contributed by atoms with van der Waals surface area (Å²) in [5, 5.41) is 18.7. The van der Waals surface area contributed by atoms with Crippen LogP contribution in [0.2, 0.25) is 0 Å². The molecule has 6 rings (SSSR count). The van der Waals surface area contributed by atoms with E-state index in [4.69, 9.17) is 15.2 Å². The summed E-state index contributed by atoms with van der Waals surface area (Å²) in [4.78, 5) is 13.1. The van der Waals surface area contributed by atoms with Crippen LogP contribution in [0.25, 0.3) is 11.4 Å². The molecule has 182 valence electrons. The van der Waals surface area contributed by atoms with E-state index < -0.39 is 0 Å². The van der Waals surface area contributed by atoms with Crippen LogP contribution in [0, 0.1) is 17.2 Å². The van der Waals surface area contributed by atoms with E-state index in [-0.39, 0.29) is 5.41 Å². The van der Waals surface area contributed by atoms with Gasteiger partial charge in [-0.15, -0.1) is 11.3 Å². The summed E-state index contributed by atoms with van der Waals surface area (Å²) >= 11 is 1.57. The Hall–Kier alpha value is -2.96. The lowest BCUT2D eigenvalue weighted by atomic mass is 9.61. The molecule has 9 heteroatoms. The van der Waals surface area contributed by atoms with Gasteiger partial charge in [-0.1, -0.05) is 12.1 Å². The fraction of sp³-hybridized carbons (Fsp3) is 0.538. The number of anilines is 2. The van der Waals surface area contributed by atoms with Crippen molar-refractivity contribution in [2.24, 2.45) is 5.92 Å². The van der Waals surface area contributed by atoms with Crippen molar-refractivity contribution in [2.45, 2.75) is 63.8 Å². The number of fused-ring (bicyclic) bond motifs is 4. The molecule has 0 aromatic carbocycles. The molecule has 3 aliphatic rings. The van der Waals surface area contributed by atoms with Crippen LogP contribution in [-0.2, 0) is 18.3 Å². The van der Waals surface area contributed by atoms with Gasteiger partial charge in [0.05, 0.1) is 16.7 Å². The quantitative estimate of drug-likeness (QED) is 0.554. The summed E-state index contributed by atoms with van der Waals surface area (Å²) in [5.41, 5.74) is 10.4. The van der Waals surface area contributed by atoms with Crippen LogP contribution in [0.15, 0.2) is 16.8 Å². The summed E-state index contributed by atoms with van der Waals surface area (Å²) in [7, 11) is 0. The van der Waals surface area contributed by atoms with Crippen molar-refractivity contribution in [3.8, 4) is 17.5 Å². The van der Waals surface area contributed by atoms with Crippen molar-refractivity contribution < 1.29 is 4.52 Å². The predicted molar refractivity (Wildman–Crippen MR) is 136 cm³/mol. The molecule has 1 saturated heterocycles. The van der Waals surface area contributed by atoms with E-state index in [1.807, 2.05) is 12.3 Å². The van der Waals surface area contributed by atoms with E-state index in [0.29, 0.717) is 22.5 Å². The van der Waals surface area contributed by atoms with Crippen molar-refractivity contribution >= 4 is 22.3 Å². The van der Waals surface area contributed by atoms with Gasteiger partial charge in [0.15, 0.2) is 5.76 Å². The first-order valence-corrected chi connectivity index (χ1v) is 13.4. The molecular weight excluding hydrogens is 458 g/mol. The number of nitrogens with two attached hydrogens (primary N) is 1. The molecule has 0 saturated carbocycles. The van der Waals surface area contributed by atoms with Crippen LogP contribution < -0.4 is 16.0 Å². The monoisotopic (exact) mass is 489 g/mol. The Morgan fingerprint density at radius 3 is 3.09 bits per heavy atom. The summed E-state index contributed by atoms with van der Waals surface area (Å²) in [6, 6.07) is 4.65. The van der Waals surface area contributed by atoms with Crippen molar-refractivity contribution in [3.05, 3.63) is 39.6 Å². The third-order valence-electron chi connectivity index (χ3n) is 7.95. The third kappa shape index (κ3) is 3.54. The first-order valence-electron chi connectivity index (χ1n) is 12.6. The van der Waals surface area contributed by atoms with Gasteiger partial charge >= 0.3 is 0 Å². The number of nitrogens with one attached hydrogen (secondary N) is 1. The van der Waals surface area contributed by atoms with E-state index in [1.165, 1.54) is 4.88 Å². The Morgan fingerprint density at radius 2 is 2.23 bits per heavy atom. The number of nitrogen functional groups attached to an aromatic ring is 1. The first-order chi connectivity index (χ1) is 17.0. The summed E-state index contributed by atoms with van der Waals surface area (Å²) in [6.45, 7) is 7.35. The molecule has 0 amide bonds. The van der Waals surface area contributed by atoms with Crippen LogP contribution in [0.5, 0.6) is 0 Å². The Kier molecular flexibility index (Phi) is 5.53. The SMILES string of the molecule is CC1Cc2c(-c3ccnc(N4CCCNC[C@@H]4C)n3)noc2C2(CCCc3sc(N)c(C#N)c32)C1. The zero-order valence-corrected chi connectivity index (χ0v) is 21.1. The van der Waals surface area contributed by atoms with Crippen molar-refractivity contribution in [3.63, 3.8) is 0 Å². The summed E-state index contributed by atoms with van der Waals surface area (Å²) in [5.74, 6) is 2.08. The molecule has 3 N–H and O–H groups in total. The largest absolute Gasteiger partial charge is 0.389 e. The molecule has 1 aliphatic heterocycles. The highest BCUT2D eigenvalue weighted by atomic mass is 32.1. The molecule has 35 heavy (non-hydrogen) atoms. The molecule has 3 atom stereocenters. The molecule has 2 unspecified atom stereocenters. The standard InChI is InChI=1S/C26H31N7OS/c1-15-11-17-22(19-6-9-30-25(31-19)33-10-4-8-29-14-16(33)2)32-34-23(17)26(12-15)7-3-5-20-21(26)18(13-27)24(28)35-20/h6,9,15-16,29H,3-5,7-8,10-12,14,28H2,1-2H3/t15?,16-,26?/m0/s1. The van der Waals surface area contributed by atoms with E-state index >= 15 is 0 Å². The normalized spacial score (nSPS) is 26.1. The minimum absolute atomic E-state index is 0.316. The van der Waals surface area contributed by atoms with Crippen LogP contribution in [0.4, 0.5) is 10.9 Å². The highest BCUT2D eigenvalue weighted by Gasteiger charge is 2.50. The van der Waals surface area contributed by atoms with Gasteiger partial charge in [0, 0.05) is 35.8 Å². The zero-order chi connectivity index (χ0) is 24.2. The molecule has 1 fully saturated rings. The molecule has 4 heterocycles. The van der Waals surface area contributed by atoms with Crippen molar-refractivity contribution in [2.75, 3.05) is 30.3 Å². The molecule has 8 nitrogen and oxygen atoms in total. The van der Waals surface area contributed by atoms with Crippen LogP contribution in [-0.4, -0.2) is 40.8 Å². The van der Waals surface area contributed by atoms with E-state index in [1.54, 1.807) is 11.3 Å². The van der Waals surface area contributed by atoms with E-state index in [0.717, 1.165) is 92.4 Å². The molecular formula is C26H31N7OS. The van der Waals surface area contributed by atoms with E-state index in [2.05, 4.69) is 40.3 Å². The number of aromatic nitrogens is 3. The maximum atomic E-state index is 9.97. The highest BCUT2D eigenvalue weighted by molar-refractivity contribution is 7.16. The molecule has 0 radical (unpaired) electrons. The second kappa shape index (κ2) is 8.61. The Balaban J connectivity index is 1.46. The molecule has 3 aromatic rings. The number of aryl methyl sites for hydroxylation is 1. The minimum atomic E-state index is -0.341. The maximum absolute atomic E-state index is 9.97. The Labute approximate surface area is 209 Å². The number of nitrogens with zero attached hydrogens (tertiary/aromatic N) is 5. The van der Waals surface area contributed by atoms with Gasteiger partial charge in [0.1, 0.15) is 16.8 Å². The number of rotatable bonds is 2. The fourth-order valence-electron chi connectivity index (χ4n) is 6.51. The van der Waals surface area contributed by atoms with Crippen molar-refractivity contribution in [1.82, 2.24) is 20.4 Å². The van der Waals surface area contributed by atoms with Gasteiger partial charge in [-0.05, 0) is 69.5 Å². The minimum Gasteiger partial charge on any atom is -0.389 e. The number of hydrogen-bond acceptors (Lipinski definition) is 9. The Bertz CT molecular complexity index is 1310. The third-order valence-corrected chi connectivity index (χ3v) is 9.02. The molecule has 0 bridgehead atoms. The summed E-state index contributed by atoms with van der Waals surface area (Å²) < 4.78 is 6.20. The average molecular weight is 490 g/mol. The number of thiophene rings is 1. The number of hydrogen-bond donors (Lipinski definition) is 2. The lowest BCUT2D eigenvalue weighted by Crippen LogP contribution is -2.38. The fourth-order valence-corrected chi connectivity index (χ4v) is 7.67. The van der Waals surface area contributed by atoms with Gasteiger partial charge in [0.25, 0.3) is 0 Å². The van der Waals surface area contributed by atoms with Crippen LogP contribution >= 0.6 is 11.3 Å². The van der Waals surface area contributed by atoms with Crippen molar-refractivity contribution in [1.29, 1.82) is 5.26 Å². The second-order valence-corrected chi connectivity index (χ2v) is 11.5. The molecule has 1 spiro atoms. The van der Waals surface area contributed by atoms with Gasteiger partial charge < -0.3 is 20.5 Å². The summed E-state index contributed by atoms with van der Waals surface area (Å²) in [6.07, 6.45) is 7.69. The lowest BCUT2D eigenvalue weighted by Gasteiger charge is -2.41. The topological polar surface area (TPSA) is 117 Å². The zero-order valence-electron chi connectivity index (χ0n) is 20.3. The lowest BCUT2D eigenvalue weighted by molar-refractivity contribution is 0.236. The molecule has 2 aliphatic carbocycles. The smallest absolute Gasteiger partial charge is 0.226 e. The second-order valence-electron chi connectivity index (χ2n) is 10.4. The van der Waals surface area contributed by atoms with Gasteiger partial charge in [-0.25, -0.2) is 9.97 Å². The number of nitriles is 1. The first kappa shape index (κ1) is 22.5. The average Bonchev–Trinajstić information content (AvgIpc) is 3.35. The van der Waals surface area contributed by atoms with Crippen LogP contribution in [0.3, 0.4) is 0 Å². The van der Waals surface area contributed by atoms with Gasteiger partial charge in [-0.3, -0.25) is 0 Å². The predicted octanol–water partition coefficient (Wildman–Crippen LogP) is 4.04. The Morgan fingerprint density at radius 1 is 1.34 bits per heavy atom. The van der Waals surface area contributed by atoms with E-state index in [9.17, 15) is 5.26 Å². The van der Waals surface area contributed by atoms with Gasteiger partial charge in [0.2, 0.25) is 5.95 Å². The highest BCUT2D eigenvalue weighted by Crippen LogP contribution is 2.56. The molecule has 3 aromatic heterocycles. The van der Waals surface area contributed by atoms with Gasteiger partial charge in [-0.2, -0.15) is 5.26 Å². The van der Waals surface area contributed by atoms with Crippen LogP contribution in [0.1, 0.15) is 66.9 Å².